The van der Waals surface area contributed by atoms with Gasteiger partial charge in [0.05, 0.1) is 22.5 Å². The van der Waals surface area contributed by atoms with Crippen LogP contribution in [0, 0.1) is 6.92 Å². The molecule has 2 aromatic rings. The molecule has 0 spiro atoms. The highest BCUT2D eigenvalue weighted by Crippen LogP contribution is 2.37. The first-order valence-electron chi connectivity index (χ1n) is 12.7. The second kappa shape index (κ2) is 12.6. The molecule has 1 saturated carbocycles. The number of nitrogens with zero attached hydrogens (tertiary/aromatic N) is 2. The number of sulfonamides is 1. The van der Waals surface area contributed by atoms with Crippen LogP contribution in [0.25, 0.3) is 0 Å². The monoisotopic (exact) mass is 587 g/mol. The number of hydrogen-bond acceptors (Lipinski definition) is 4. The number of carbonyl (C=O) groups excluding carboxylic acids is 2. The van der Waals surface area contributed by atoms with E-state index < -0.39 is 45.3 Å². The standard InChI is InChI=1S/C27H33ClF3N3O4S/c1-4-24(26(36)32-20-10-5-6-11-20)33(16-19-9-7-8-18(2)14-19)25(35)17-34(39(3,37)38)21-12-13-23(28)22(15-21)27(29,30)31/h7-9,12-15,20,24H,4-6,10-11,16-17H2,1-3H3,(H,32,36). The van der Waals surface area contributed by atoms with E-state index in [1.54, 1.807) is 13.0 Å². The normalized spacial score (nSPS) is 15.2. The Morgan fingerprint density at radius 2 is 1.79 bits per heavy atom. The van der Waals surface area contributed by atoms with E-state index in [2.05, 4.69) is 5.32 Å². The molecule has 0 aromatic heterocycles. The van der Waals surface area contributed by atoms with Crippen molar-refractivity contribution in [2.24, 2.45) is 0 Å². The third-order valence-corrected chi connectivity index (χ3v) is 8.22. The molecule has 1 N–H and O–H groups in total. The van der Waals surface area contributed by atoms with E-state index in [1.165, 1.54) is 4.90 Å². The van der Waals surface area contributed by atoms with Crippen LogP contribution >= 0.6 is 11.6 Å². The largest absolute Gasteiger partial charge is 0.417 e. The van der Waals surface area contributed by atoms with Crippen LogP contribution in [0.3, 0.4) is 0 Å². The summed E-state index contributed by atoms with van der Waals surface area (Å²) in [7, 11) is -4.20. The Bertz CT molecular complexity index is 1300. The molecule has 2 aromatic carbocycles. The molecular formula is C27H33ClF3N3O4S. The molecule has 0 bridgehead atoms. The van der Waals surface area contributed by atoms with E-state index in [0.29, 0.717) is 10.4 Å². The Hall–Kier alpha value is -2.79. The van der Waals surface area contributed by atoms with E-state index in [4.69, 9.17) is 11.6 Å². The lowest BCUT2D eigenvalue weighted by atomic mass is 10.1. The zero-order valence-electron chi connectivity index (χ0n) is 22.1. The second-order valence-electron chi connectivity index (χ2n) is 9.86. The van der Waals surface area contributed by atoms with Crippen LogP contribution in [-0.4, -0.2) is 50.0 Å². The SMILES string of the molecule is CCC(C(=O)NC1CCCC1)N(Cc1cccc(C)c1)C(=O)CN(c1ccc(Cl)c(C(F)(F)F)c1)S(C)(=O)=O. The van der Waals surface area contributed by atoms with E-state index >= 15 is 0 Å². The number of amides is 2. The average Bonchev–Trinajstić information content (AvgIpc) is 3.34. The molecule has 1 unspecified atom stereocenters. The molecule has 39 heavy (non-hydrogen) atoms. The van der Waals surface area contributed by atoms with Gasteiger partial charge >= 0.3 is 6.18 Å². The zero-order chi connectivity index (χ0) is 29.0. The summed E-state index contributed by atoms with van der Waals surface area (Å²) < 4.78 is 66.5. The molecule has 0 aliphatic heterocycles. The molecule has 2 amide bonds. The molecule has 3 rings (SSSR count). The molecule has 1 aliphatic carbocycles. The van der Waals surface area contributed by atoms with Gasteiger partial charge in [0.2, 0.25) is 21.8 Å². The first-order chi connectivity index (χ1) is 18.2. The summed E-state index contributed by atoms with van der Waals surface area (Å²) in [4.78, 5) is 28.4. The molecule has 0 radical (unpaired) electrons. The molecule has 214 valence electrons. The van der Waals surface area contributed by atoms with Gasteiger partial charge in [0.25, 0.3) is 0 Å². The fourth-order valence-electron chi connectivity index (χ4n) is 4.79. The van der Waals surface area contributed by atoms with Crippen LogP contribution < -0.4 is 9.62 Å². The maximum absolute atomic E-state index is 13.7. The topological polar surface area (TPSA) is 86.8 Å². The highest BCUT2D eigenvalue weighted by molar-refractivity contribution is 7.92. The first kappa shape index (κ1) is 30.7. The van der Waals surface area contributed by atoms with Crippen LogP contribution in [0.15, 0.2) is 42.5 Å². The number of benzene rings is 2. The predicted molar refractivity (Wildman–Crippen MR) is 145 cm³/mol. The fourth-order valence-corrected chi connectivity index (χ4v) is 5.86. The minimum Gasteiger partial charge on any atom is -0.352 e. The summed E-state index contributed by atoms with van der Waals surface area (Å²) >= 11 is 5.72. The highest BCUT2D eigenvalue weighted by atomic mass is 35.5. The summed E-state index contributed by atoms with van der Waals surface area (Å²) in [6, 6.07) is 9.08. The lowest BCUT2D eigenvalue weighted by molar-refractivity contribution is -0.140. The first-order valence-corrected chi connectivity index (χ1v) is 14.9. The van der Waals surface area contributed by atoms with Crippen LogP contribution in [-0.2, 0) is 32.3 Å². The van der Waals surface area contributed by atoms with Crippen molar-refractivity contribution in [1.82, 2.24) is 10.2 Å². The number of nitrogens with one attached hydrogen (secondary N) is 1. The Kier molecular flexibility index (Phi) is 9.93. The Morgan fingerprint density at radius 3 is 2.36 bits per heavy atom. The molecule has 1 atom stereocenters. The number of carbonyl (C=O) groups is 2. The summed E-state index contributed by atoms with van der Waals surface area (Å²) in [6.45, 7) is 2.85. The zero-order valence-corrected chi connectivity index (χ0v) is 23.7. The van der Waals surface area contributed by atoms with Crippen LogP contribution in [0.4, 0.5) is 18.9 Å². The fraction of sp³-hybridized carbons (Fsp3) is 0.481. The number of hydrogen-bond donors (Lipinski definition) is 1. The number of alkyl halides is 3. The van der Waals surface area contributed by atoms with Crippen LogP contribution in [0.5, 0.6) is 0 Å². The Morgan fingerprint density at radius 1 is 1.13 bits per heavy atom. The van der Waals surface area contributed by atoms with Gasteiger partial charge in [-0.15, -0.1) is 0 Å². The smallest absolute Gasteiger partial charge is 0.352 e. The van der Waals surface area contributed by atoms with Gasteiger partial charge in [0.1, 0.15) is 12.6 Å². The number of halogens is 4. The second-order valence-corrected chi connectivity index (χ2v) is 12.2. The molecule has 7 nitrogen and oxygen atoms in total. The van der Waals surface area contributed by atoms with Gasteiger partial charge in [-0.3, -0.25) is 13.9 Å². The summed E-state index contributed by atoms with van der Waals surface area (Å²) in [5.74, 6) is -1.07. The van der Waals surface area contributed by atoms with E-state index in [1.807, 2.05) is 25.1 Å². The summed E-state index contributed by atoms with van der Waals surface area (Å²) in [5.41, 5.74) is 0.0810. The minimum absolute atomic E-state index is 0.00449. The maximum Gasteiger partial charge on any atom is 0.417 e. The van der Waals surface area contributed by atoms with Crippen molar-refractivity contribution < 1.29 is 31.2 Å². The molecular weight excluding hydrogens is 555 g/mol. The summed E-state index contributed by atoms with van der Waals surface area (Å²) in [6.07, 6.45) is -0.0909. The van der Waals surface area contributed by atoms with Gasteiger partial charge in [0.15, 0.2) is 0 Å². The van der Waals surface area contributed by atoms with Gasteiger partial charge in [-0.2, -0.15) is 13.2 Å². The lowest BCUT2D eigenvalue weighted by Crippen LogP contribution is -2.53. The van der Waals surface area contributed by atoms with E-state index in [-0.39, 0.29) is 30.6 Å². The average molecular weight is 588 g/mol. The van der Waals surface area contributed by atoms with Crippen molar-refractivity contribution in [2.45, 2.75) is 70.8 Å². The number of anilines is 1. The van der Waals surface area contributed by atoms with Gasteiger partial charge in [-0.05, 0) is 49.9 Å². The Balaban J connectivity index is 1.98. The van der Waals surface area contributed by atoms with Gasteiger partial charge in [0, 0.05) is 12.6 Å². The molecule has 0 heterocycles. The maximum atomic E-state index is 13.7. The van der Waals surface area contributed by atoms with E-state index in [0.717, 1.165) is 55.2 Å². The van der Waals surface area contributed by atoms with Crippen molar-refractivity contribution in [3.63, 3.8) is 0 Å². The third kappa shape index (κ3) is 8.11. The molecule has 1 fully saturated rings. The minimum atomic E-state index is -4.83. The van der Waals surface area contributed by atoms with Crippen LogP contribution in [0.2, 0.25) is 5.02 Å². The van der Waals surface area contributed by atoms with Crippen molar-refractivity contribution >= 4 is 39.1 Å². The molecule has 0 saturated heterocycles. The quantitative estimate of drug-likeness (QED) is 0.409. The molecule has 12 heteroatoms. The highest BCUT2D eigenvalue weighted by Gasteiger charge is 2.36. The van der Waals surface area contributed by atoms with E-state index in [9.17, 15) is 31.2 Å². The summed E-state index contributed by atoms with van der Waals surface area (Å²) in [5, 5.41) is 2.41. The third-order valence-electron chi connectivity index (χ3n) is 6.75. The number of aryl methyl sites for hydroxylation is 1. The van der Waals surface area contributed by atoms with Crippen molar-refractivity contribution in [3.05, 3.63) is 64.2 Å². The van der Waals surface area contributed by atoms with Crippen LogP contribution in [0.1, 0.15) is 55.7 Å². The van der Waals surface area contributed by atoms with Gasteiger partial charge < -0.3 is 10.2 Å². The van der Waals surface area contributed by atoms with Crippen molar-refractivity contribution in [3.8, 4) is 0 Å². The predicted octanol–water partition coefficient (Wildman–Crippen LogP) is 5.30. The number of rotatable bonds is 10. The van der Waals surface area contributed by atoms with Crippen molar-refractivity contribution in [1.29, 1.82) is 0 Å². The molecule has 1 aliphatic rings. The Labute approximate surface area is 232 Å². The van der Waals surface area contributed by atoms with Crippen molar-refractivity contribution in [2.75, 3.05) is 17.1 Å². The van der Waals surface area contributed by atoms with Gasteiger partial charge in [-0.25, -0.2) is 8.42 Å². The lowest BCUT2D eigenvalue weighted by Gasteiger charge is -2.33. The van der Waals surface area contributed by atoms with Gasteiger partial charge in [-0.1, -0.05) is 61.2 Å².